The number of ether oxygens (including phenoxy) is 1. The van der Waals surface area contributed by atoms with Gasteiger partial charge in [0.1, 0.15) is 5.75 Å². The van der Waals surface area contributed by atoms with Crippen LogP contribution in [0, 0.1) is 13.8 Å². The van der Waals surface area contributed by atoms with Crippen molar-refractivity contribution in [2.45, 2.75) is 13.8 Å². The molecule has 0 aliphatic carbocycles. The lowest BCUT2D eigenvalue weighted by Crippen LogP contribution is -2.22. The molecule has 0 saturated heterocycles. The van der Waals surface area contributed by atoms with E-state index in [4.69, 9.17) is 4.74 Å². The van der Waals surface area contributed by atoms with Crippen molar-refractivity contribution in [1.29, 1.82) is 0 Å². The van der Waals surface area contributed by atoms with Gasteiger partial charge in [0, 0.05) is 11.4 Å². The molecule has 0 fully saturated rings. The Morgan fingerprint density at radius 1 is 1.07 bits per heavy atom. The van der Waals surface area contributed by atoms with Gasteiger partial charge in [0.25, 0.3) is 5.56 Å². The van der Waals surface area contributed by atoms with Crippen LogP contribution in [0.15, 0.2) is 59.4 Å². The molecule has 0 bridgehead atoms. The number of thiazole rings is 1. The first-order valence-corrected chi connectivity index (χ1v) is 10.1. The molecule has 29 heavy (non-hydrogen) atoms. The summed E-state index contributed by atoms with van der Waals surface area (Å²) in [6.07, 6.45) is 1.96. The van der Waals surface area contributed by atoms with E-state index in [0.717, 1.165) is 44.4 Å². The Morgan fingerprint density at radius 3 is 2.66 bits per heavy atom. The van der Waals surface area contributed by atoms with E-state index in [1.165, 1.54) is 11.3 Å². The van der Waals surface area contributed by atoms with Crippen molar-refractivity contribution in [2.75, 3.05) is 7.11 Å². The molecule has 0 saturated carbocycles. The molecule has 3 aromatic heterocycles. The lowest BCUT2D eigenvalue weighted by Gasteiger charge is -2.13. The van der Waals surface area contributed by atoms with Gasteiger partial charge in [0.15, 0.2) is 4.96 Å². The Hall–Kier alpha value is -3.38. The zero-order valence-corrected chi connectivity index (χ0v) is 17.2. The summed E-state index contributed by atoms with van der Waals surface area (Å²) in [6.45, 7) is 4.12. The monoisotopic (exact) mass is 401 g/mol. The number of fused-ring (bicyclic) bond motifs is 3. The summed E-state index contributed by atoms with van der Waals surface area (Å²) in [5.41, 5.74) is 5.80. The van der Waals surface area contributed by atoms with Gasteiger partial charge < -0.3 is 9.30 Å². The van der Waals surface area contributed by atoms with Crippen molar-refractivity contribution >= 4 is 33.4 Å². The van der Waals surface area contributed by atoms with Crippen LogP contribution < -0.4 is 14.8 Å². The molecule has 0 radical (unpaired) electrons. The summed E-state index contributed by atoms with van der Waals surface area (Å²) in [4.78, 5) is 18.4. The van der Waals surface area contributed by atoms with Gasteiger partial charge in [0.05, 0.1) is 28.4 Å². The molecule has 0 aliphatic heterocycles. The van der Waals surface area contributed by atoms with E-state index in [9.17, 15) is 4.79 Å². The minimum absolute atomic E-state index is 0.0270. The highest BCUT2D eigenvalue weighted by atomic mass is 32.1. The van der Waals surface area contributed by atoms with Gasteiger partial charge in [-0.3, -0.25) is 4.79 Å². The molecule has 5 nitrogen and oxygen atoms in total. The molecule has 0 amide bonds. The number of methoxy groups -OCH3 is 1. The molecule has 144 valence electrons. The lowest BCUT2D eigenvalue weighted by atomic mass is 10.2. The second-order valence-corrected chi connectivity index (χ2v) is 7.98. The van der Waals surface area contributed by atoms with E-state index in [0.29, 0.717) is 4.53 Å². The number of rotatable bonds is 3. The summed E-state index contributed by atoms with van der Waals surface area (Å²) in [5, 5.41) is 0. The van der Waals surface area contributed by atoms with Crippen LogP contribution in [0.25, 0.3) is 27.8 Å². The van der Waals surface area contributed by atoms with Crippen LogP contribution in [0.3, 0.4) is 0 Å². The molecule has 0 atom stereocenters. The smallest absolute Gasteiger partial charge is 0.274 e. The molecule has 0 N–H and O–H groups in total. The number of aryl methyl sites for hydroxylation is 1. The first-order valence-electron chi connectivity index (χ1n) is 9.32. The van der Waals surface area contributed by atoms with Crippen LogP contribution in [0.4, 0.5) is 0 Å². The van der Waals surface area contributed by atoms with Crippen molar-refractivity contribution in [3.05, 3.63) is 86.4 Å². The highest BCUT2D eigenvalue weighted by Gasteiger charge is 2.14. The third-order valence-electron chi connectivity index (χ3n) is 5.23. The van der Waals surface area contributed by atoms with Crippen molar-refractivity contribution < 1.29 is 4.74 Å². The molecule has 5 aromatic rings. The Balaban J connectivity index is 1.71. The summed E-state index contributed by atoms with van der Waals surface area (Å²) in [6, 6.07) is 17.8. The predicted octanol–water partition coefficient (Wildman–Crippen LogP) is 3.87. The van der Waals surface area contributed by atoms with Gasteiger partial charge >= 0.3 is 0 Å². The van der Waals surface area contributed by atoms with Gasteiger partial charge in [0.2, 0.25) is 0 Å². The number of para-hydroxylation sites is 4. The Morgan fingerprint density at radius 2 is 1.83 bits per heavy atom. The molecule has 5 rings (SSSR count). The lowest BCUT2D eigenvalue weighted by molar-refractivity contribution is 0.412. The van der Waals surface area contributed by atoms with Crippen LogP contribution in [-0.2, 0) is 0 Å². The van der Waals surface area contributed by atoms with Crippen LogP contribution >= 0.6 is 11.3 Å². The van der Waals surface area contributed by atoms with E-state index in [-0.39, 0.29) is 5.56 Å². The molecule has 3 heterocycles. The zero-order chi connectivity index (χ0) is 20.1. The molecule has 0 aliphatic rings. The zero-order valence-electron chi connectivity index (χ0n) is 16.3. The van der Waals surface area contributed by atoms with E-state index in [1.807, 2.05) is 54.6 Å². The fourth-order valence-corrected chi connectivity index (χ4v) is 4.85. The van der Waals surface area contributed by atoms with Crippen LogP contribution in [0.2, 0.25) is 0 Å². The topological polar surface area (TPSA) is 48.5 Å². The summed E-state index contributed by atoms with van der Waals surface area (Å²) in [7, 11) is 1.68. The number of benzene rings is 2. The maximum absolute atomic E-state index is 13.1. The molecule has 6 heteroatoms. The Bertz CT molecular complexity index is 1490. The van der Waals surface area contributed by atoms with Crippen molar-refractivity contribution in [2.24, 2.45) is 0 Å². The maximum Gasteiger partial charge on any atom is 0.274 e. The minimum atomic E-state index is -0.0270. The first-order chi connectivity index (χ1) is 14.1. The van der Waals surface area contributed by atoms with Crippen molar-refractivity contribution in [3.8, 4) is 11.4 Å². The quantitative estimate of drug-likeness (QED) is 0.461. The maximum atomic E-state index is 13.1. The normalized spacial score (nSPS) is 12.3. The van der Waals surface area contributed by atoms with E-state index in [1.54, 1.807) is 11.5 Å². The number of aromatic nitrogens is 3. The number of hydrogen-bond donors (Lipinski definition) is 0. The summed E-state index contributed by atoms with van der Waals surface area (Å²) in [5.74, 6) is 0.812. The highest BCUT2D eigenvalue weighted by Crippen LogP contribution is 2.28. The average Bonchev–Trinajstić information content (AvgIpc) is 3.33. The number of hydrogen-bond acceptors (Lipinski definition) is 4. The Kier molecular flexibility index (Phi) is 4.03. The first kappa shape index (κ1) is 17.7. The minimum Gasteiger partial charge on any atom is -0.495 e. The van der Waals surface area contributed by atoms with Crippen LogP contribution in [0.5, 0.6) is 5.75 Å². The van der Waals surface area contributed by atoms with Crippen molar-refractivity contribution in [1.82, 2.24) is 14.0 Å². The van der Waals surface area contributed by atoms with Crippen LogP contribution in [0.1, 0.15) is 17.0 Å². The van der Waals surface area contributed by atoms with Gasteiger partial charge in [-0.2, -0.15) is 0 Å². The standard InChI is InChI=1S/C23H19N3O2S/c1-14-12-16(15(2)25(14)19-10-6-7-11-20(19)28-3)13-21-22(27)26-18-9-5-4-8-17(18)24-23(26)29-21/h4-13H,1-3H3/b21-13-. The third kappa shape index (κ3) is 2.68. The average molecular weight is 401 g/mol. The fourth-order valence-electron chi connectivity index (χ4n) is 3.87. The second-order valence-electron chi connectivity index (χ2n) is 6.97. The fraction of sp³-hybridized carbons (Fsp3) is 0.130. The van der Waals surface area contributed by atoms with Gasteiger partial charge in [-0.15, -0.1) is 0 Å². The molecule has 0 spiro atoms. The molecule has 0 unspecified atom stereocenters. The predicted molar refractivity (Wildman–Crippen MR) is 117 cm³/mol. The summed E-state index contributed by atoms with van der Waals surface area (Å²) >= 11 is 1.42. The van der Waals surface area contributed by atoms with Gasteiger partial charge in [-0.05, 0) is 55.8 Å². The van der Waals surface area contributed by atoms with E-state index in [2.05, 4.69) is 29.5 Å². The largest absolute Gasteiger partial charge is 0.495 e. The second kappa shape index (κ2) is 6.60. The van der Waals surface area contributed by atoms with E-state index < -0.39 is 0 Å². The number of nitrogens with zero attached hydrogens (tertiary/aromatic N) is 3. The van der Waals surface area contributed by atoms with Gasteiger partial charge in [-0.25, -0.2) is 9.38 Å². The van der Waals surface area contributed by atoms with Crippen LogP contribution in [-0.4, -0.2) is 21.1 Å². The third-order valence-corrected chi connectivity index (χ3v) is 6.20. The molecule has 2 aromatic carbocycles. The number of imidazole rings is 1. The SMILES string of the molecule is COc1ccccc1-n1c(C)cc(/C=c2\sc3nc4ccccc4n3c2=O)c1C. The molecular weight excluding hydrogens is 382 g/mol. The Labute approximate surface area is 171 Å². The summed E-state index contributed by atoms with van der Waals surface area (Å²) < 4.78 is 10.1. The highest BCUT2D eigenvalue weighted by molar-refractivity contribution is 7.15. The van der Waals surface area contributed by atoms with Crippen molar-refractivity contribution in [3.63, 3.8) is 0 Å². The van der Waals surface area contributed by atoms with Gasteiger partial charge in [-0.1, -0.05) is 35.6 Å². The van der Waals surface area contributed by atoms with E-state index >= 15 is 0 Å². The molecular formula is C23H19N3O2S.